The fourth-order valence-electron chi connectivity index (χ4n) is 1.56. The summed E-state index contributed by atoms with van der Waals surface area (Å²) in [7, 11) is 0. The average Bonchev–Trinajstić information content (AvgIpc) is 2.40. The number of amides is 1. The molecule has 0 radical (unpaired) electrons. The van der Waals surface area contributed by atoms with E-state index in [9.17, 15) is 4.79 Å². The SMILES string of the molecule is CC(C)COCCOC(C)C(=O)Nc1ccc(Cl)cc1N. The normalized spacial score (nSPS) is 12.4. The van der Waals surface area contributed by atoms with Gasteiger partial charge in [0.25, 0.3) is 5.91 Å². The number of rotatable bonds is 8. The van der Waals surface area contributed by atoms with Gasteiger partial charge in [-0.1, -0.05) is 25.4 Å². The number of nitrogen functional groups attached to an aromatic ring is 1. The third-order valence-electron chi connectivity index (χ3n) is 2.69. The maximum absolute atomic E-state index is 12.0. The van der Waals surface area contributed by atoms with Crippen LogP contribution in [0.1, 0.15) is 20.8 Å². The molecular weight excluding hydrogens is 292 g/mol. The molecule has 1 unspecified atom stereocenters. The van der Waals surface area contributed by atoms with Crippen LogP contribution >= 0.6 is 11.6 Å². The van der Waals surface area contributed by atoms with Gasteiger partial charge in [-0.25, -0.2) is 0 Å². The number of carbonyl (C=O) groups is 1. The van der Waals surface area contributed by atoms with E-state index in [1.807, 2.05) is 0 Å². The average molecular weight is 315 g/mol. The van der Waals surface area contributed by atoms with Crippen molar-refractivity contribution in [3.63, 3.8) is 0 Å². The smallest absolute Gasteiger partial charge is 0.253 e. The third kappa shape index (κ3) is 6.80. The van der Waals surface area contributed by atoms with E-state index < -0.39 is 6.10 Å². The highest BCUT2D eigenvalue weighted by Gasteiger charge is 2.14. The van der Waals surface area contributed by atoms with Gasteiger partial charge in [-0.15, -0.1) is 0 Å². The Morgan fingerprint density at radius 1 is 1.33 bits per heavy atom. The Morgan fingerprint density at radius 3 is 2.67 bits per heavy atom. The number of hydrogen-bond donors (Lipinski definition) is 2. The minimum atomic E-state index is -0.581. The predicted molar refractivity (Wildman–Crippen MR) is 85.6 cm³/mol. The first kappa shape index (κ1) is 17.8. The maximum atomic E-state index is 12.0. The highest BCUT2D eigenvalue weighted by atomic mass is 35.5. The lowest BCUT2D eigenvalue weighted by Crippen LogP contribution is -2.29. The topological polar surface area (TPSA) is 73.6 Å². The Kier molecular flexibility index (Phi) is 7.50. The first-order valence-electron chi connectivity index (χ1n) is 6.95. The number of carbonyl (C=O) groups excluding carboxylic acids is 1. The number of ether oxygens (including phenoxy) is 2. The van der Waals surface area contributed by atoms with Gasteiger partial charge in [0, 0.05) is 11.6 Å². The molecule has 1 aromatic carbocycles. The van der Waals surface area contributed by atoms with Gasteiger partial charge in [0.15, 0.2) is 0 Å². The molecule has 21 heavy (non-hydrogen) atoms. The van der Waals surface area contributed by atoms with Crippen LogP contribution in [0.2, 0.25) is 5.02 Å². The van der Waals surface area contributed by atoms with Crippen LogP contribution in [-0.2, 0) is 14.3 Å². The molecule has 1 aromatic rings. The molecule has 0 fully saturated rings. The number of nitrogens with two attached hydrogens (primary N) is 1. The zero-order valence-electron chi connectivity index (χ0n) is 12.7. The van der Waals surface area contributed by atoms with Gasteiger partial charge >= 0.3 is 0 Å². The van der Waals surface area contributed by atoms with Crippen molar-refractivity contribution >= 4 is 28.9 Å². The Bertz CT molecular complexity index is 466. The molecule has 0 aliphatic heterocycles. The summed E-state index contributed by atoms with van der Waals surface area (Å²) in [6.07, 6.45) is -0.581. The lowest BCUT2D eigenvalue weighted by Gasteiger charge is -2.15. The molecule has 1 atom stereocenters. The Hall–Kier alpha value is -1.30. The summed E-state index contributed by atoms with van der Waals surface area (Å²) in [5.74, 6) is 0.228. The van der Waals surface area contributed by atoms with Crippen LogP contribution in [0.5, 0.6) is 0 Å². The van der Waals surface area contributed by atoms with Crippen LogP contribution in [-0.4, -0.2) is 31.8 Å². The molecule has 3 N–H and O–H groups in total. The number of hydrogen-bond acceptors (Lipinski definition) is 4. The fourth-order valence-corrected chi connectivity index (χ4v) is 1.74. The minimum Gasteiger partial charge on any atom is -0.397 e. The quantitative estimate of drug-likeness (QED) is 0.571. The van der Waals surface area contributed by atoms with Crippen molar-refractivity contribution in [1.29, 1.82) is 0 Å². The first-order valence-corrected chi connectivity index (χ1v) is 7.33. The van der Waals surface area contributed by atoms with E-state index in [0.29, 0.717) is 42.1 Å². The lowest BCUT2D eigenvalue weighted by atomic mass is 10.2. The number of benzene rings is 1. The van der Waals surface area contributed by atoms with Crippen molar-refractivity contribution in [2.75, 3.05) is 30.9 Å². The Balaban J connectivity index is 2.34. The summed E-state index contributed by atoms with van der Waals surface area (Å²) in [5, 5.41) is 3.23. The van der Waals surface area contributed by atoms with Crippen LogP contribution in [0, 0.1) is 5.92 Å². The van der Waals surface area contributed by atoms with Crippen molar-refractivity contribution in [3.8, 4) is 0 Å². The molecular formula is C15H23ClN2O3. The van der Waals surface area contributed by atoms with Gasteiger partial charge in [0.05, 0.1) is 24.6 Å². The van der Waals surface area contributed by atoms with E-state index in [2.05, 4.69) is 19.2 Å². The molecule has 1 rings (SSSR count). The summed E-state index contributed by atoms with van der Waals surface area (Å²) in [5.41, 5.74) is 6.72. The lowest BCUT2D eigenvalue weighted by molar-refractivity contribution is -0.127. The van der Waals surface area contributed by atoms with Gasteiger partial charge in [-0.05, 0) is 31.0 Å². The molecule has 0 spiro atoms. The summed E-state index contributed by atoms with van der Waals surface area (Å²) in [6.45, 7) is 7.37. The minimum absolute atomic E-state index is 0.257. The number of nitrogens with one attached hydrogen (secondary N) is 1. The molecule has 0 bridgehead atoms. The highest BCUT2D eigenvalue weighted by molar-refractivity contribution is 6.31. The van der Waals surface area contributed by atoms with E-state index >= 15 is 0 Å². The molecule has 0 aliphatic rings. The summed E-state index contributed by atoms with van der Waals surface area (Å²) in [6, 6.07) is 4.91. The standard InChI is InChI=1S/C15H23ClN2O3/c1-10(2)9-20-6-7-21-11(3)15(19)18-14-5-4-12(16)8-13(14)17/h4-5,8,10-11H,6-7,9,17H2,1-3H3,(H,18,19). The van der Waals surface area contributed by atoms with Gasteiger partial charge in [0.2, 0.25) is 0 Å². The molecule has 1 amide bonds. The molecule has 5 nitrogen and oxygen atoms in total. The number of anilines is 2. The molecule has 0 aliphatic carbocycles. The second-order valence-corrected chi connectivity index (χ2v) is 5.64. The Morgan fingerprint density at radius 2 is 2.05 bits per heavy atom. The first-order chi connectivity index (χ1) is 9.90. The van der Waals surface area contributed by atoms with Crippen LogP contribution in [0.25, 0.3) is 0 Å². The Labute approximate surface area is 130 Å². The summed E-state index contributed by atoms with van der Waals surface area (Å²) >= 11 is 5.81. The van der Waals surface area contributed by atoms with E-state index in [1.54, 1.807) is 25.1 Å². The van der Waals surface area contributed by atoms with Crippen molar-refractivity contribution in [3.05, 3.63) is 23.2 Å². The van der Waals surface area contributed by atoms with Crippen LogP contribution in [0.15, 0.2) is 18.2 Å². The van der Waals surface area contributed by atoms with Crippen LogP contribution in [0.4, 0.5) is 11.4 Å². The second-order valence-electron chi connectivity index (χ2n) is 5.20. The van der Waals surface area contributed by atoms with Gasteiger partial charge in [-0.3, -0.25) is 4.79 Å². The molecule has 0 aromatic heterocycles. The highest BCUT2D eigenvalue weighted by Crippen LogP contribution is 2.22. The molecule has 0 saturated heterocycles. The van der Waals surface area contributed by atoms with E-state index in [-0.39, 0.29) is 5.91 Å². The fraction of sp³-hybridized carbons (Fsp3) is 0.533. The number of halogens is 1. The summed E-state index contributed by atoms with van der Waals surface area (Å²) in [4.78, 5) is 12.0. The third-order valence-corrected chi connectivity index (χ3v) is 2.92. The van der Waals surface area contributed by atoms with Gasteiger partial charge < -0.3 is 20.5 Å². The van der Waals surface area contributed by atoms with E-state index in [1.165, 1.54) is 0 Å². The largest absolute Gasteiger partial charge is 0.397 e. The van der Waals surface area contributed by atoms with Crippen molar-refractivity contribution < 1.29 is 14.3 Å². The van der Waals surface area contributed by atoms with Crippen molar-refractivity contribution in [1.82, 2.24) is 0 Å². The van der Waals surface area contributed by atoms with Gasteiger partial charge in [-0.2, -0.15) is 0 Å². The van der Waals surface area contributed by atoms with Crippen molar-refractivity contribution in [2.45, 2.75) is 26.9 Å². The van der Waals surface area contributed by atoms with Crippen LogP contribution < -0.4 is 11.1 Å². The van der Waals surface area contributed by atoms with E-state index in [0.717, 1.165) is 0 Å². The van der Waals surface area contributed by atoms with E-state index in [4.69, 9.17) is 26.8 Å². The maximum Gasteiger partial charge on any atom is 0.253 e. The zero-order chi connectivity index (χ0) is 15.8. The molecule has 0 heterocycles. The van der Waals surface area contributed by atoms with Crippen molar-refractivity contribution in [2.24, 2.45) is 5.92 Å². The second kappa shape index (κ2) is 8.87. The van der Waals surface area contributed by atoms with Gasteiger partial charge in [0.1, 0.15) is 6.10 Å². The van der Waals surface area contributed by atoms with Crippen LogP contribution in [0.3, 0.4) is 0 Å². The molecule has 118 valence electrons. The zero-order valence-corrected chi connectivity index (χ0v) is 13.4. The molecule has 6 heteroatoms. The predicted octanol–water partition coefficient (Wildman–Crippen LogP) is 2.94. The summed E-state index contributed by atoms with van der Waals surface area (Å²) < 4.78 is 10.8. The monoisotopic (exact) mass is 314 g/mol. The molecule has 0 saturated carbocycles.